The number of pyridine rings is 1. The van der Waals surface area contributed by atoms with E-state index < -0.39 is 5.97 Å². The molecule has 5 nitrogen and oxygen atoms in total. The second-order valence-corrected chi connectivity index (χ2v) is 3.75. The summed E-state index contributed by atoms with van der Waals surface area (Å²) in [7, 11) is 0. The summed E-state index contributed by atoms with van der Waals surface area (Å²) in [6.07, 6.45) is 1.52. The first-order valence-corrected chi connectivity index (χ1v) is 5.04. The van der Waals surface area contributed by atoms with Crippen LogP contribution < -0.4 is 5.43 Å². The van der Waals surface area contributed by atoms with Crippen LogP contribution in [0.25, 0.3) is 21.8 Å². The average Bonchev–Trinajstić information content (AvgIpc) is 2.67. The maximum Gasteiger partial charge on any atom is 0.354 e. The normalized spacial score (nSPS) is 11.1. The van der Waals surface area contributed by atoms with Gasteiger partial charge in [0.2, 0.25) is 0 Å². The SMILES string of the molecule is O=C(O)c1[nH]ccc2c1[nH]c1cccc(=O)c12. The number of hydrogen-bond acceptors (Lipinski definition) is 2. The van der Waals surface area contributed by atoms with E-state index in [0.717, 1.165) is 0 Å². The summed E-state index contributed by atoms with van der Waals surface area (Å²) < 4.78 is 0. The van der Waals surface area contributed by atoms with Crippen molar-refractivity contribution in [3.05, 3.63) is 46.4 Å². The van der Waals surface area contributed by atoms with Gasteiger partial charge in [0.25, 0.3) is 0 Å². The largest absolute Gasteiger partial charge is 0.477 e. The first-order valence-electron chi connectivity index (χ1n) is 5.04. The van der Waals surface area contributed by atoms with E-state index >= 15 is 0 Å². The van der Waals surface area contributed by atoms with E-state index in [-0.39, 0.29) is 11.1 Å². The Morgan fingerprint density at radius 1 is 1.24 bits per heavy atom. The van der Waals surface area contributed by atoms with Crippen molar-refractivity contribution < 1.29 is 9.90 Å². The highest BCUT2D eigenvalue weighted by atomic mass is 16.4. The molecule has 0 saturated carbocycles. The number of hydrogen-bond donors (Lipinski definition) is 3. The molecule has 0 amide bonds. The third-order valence-corrected chi connectivity index (χ3v) is 2.77. The number of nitrogens with one attached hydrogen (secondary N) is 2. The van der Waals surface area contributed by atoms with Gasteiger partial charge in [0, 0.05) is 11.6 Å². The zero-order valence-corrected chi connectivity index (χ0v) is 8.65. The molecular weight excluding hydrogens is 220 g/mol. The lowest BCUT2D eigenvalue weighted by Crippen LogP contribution is -2.00. The van der Waals surface area contributed by atoms with Crippen LogP contribution in [0.15, 0.2) is 35.3 Å². The number of aromatic amines is 2. The second-order valence-electron chi connectivity index (χ2n) is 3.75. The summed E-state index contributed by atoms with van der Waals surface area (Å²) >= 11 is 0. The van der Waals surface area contributed by atoms with Crippen LogP contribution in [0.4, 0.5) is 0 Å². The molecule has 5 heteroatoms. The minimum atomic E-state index is -1.06. The first-order chi connectivity index (χ1) is 8.18. The number of carbonyl (C=O) groups is 1. The first kappa shape index (κ1) is 9.65. The maximum atomic E-state index is 11.8. The molecular formula is C12H8N2O3. The van der Waals surface area contributed by atoms with Gasteiger partial charge in [-0.2, -0.15) is 0 Å². The van der Waals surface area contributed by atoms with E-state index in [0.29, 0.717) is 21.8 Å². The summed E-state index contributed by atoms with van der Waals surface area (Å²) in [5.41, 5.74) is 1.03. The van der Waals surface area contributed by atoms with Crippen LogP contribution in [-0.4, -0.2) is 21.0 Å². The number of rotatable bonds is 1. The molecule has 0 aliphatic heterocycles. The molecule has 17 heavy (non-hydrogen) atoms. The molecule has 1 aromatic carbocycles. The number of carboxylic acids is 1. The van der Waals surface area contributed by atoms with Gasteiger partial charge in [0.1, 0.15) is 5.69 Å². The summed E-state index contributed by atoms with van der Waals surface area (Å²) in [6, 6.07) is 6.56. The van der Waals surface area contributed by atoms with Gasteiger partial charge >= 0.3 is 5.97 Å². The molecule has 3 N–H and O–H groups in total. The number of aromatic nitrogens is 2. The van der Waals surface area contributed by atoms with Crippen molar-refractivity contribution in [1.29, 1.82) is 0 Å². The average molecular weight is 228 g/mol. The summed E-state index contributed by atoms with van der Waals surface area (Å²) in [6.45, 7) is 0. The molecule has 0 aliphatic carbocycles. The molecule has 2 aromatic heterocycles. The molecule has 0 unspecified atom stereocenters. The highest BCUT2D eigenvalue weighted by Gasteiger charge is 2.14. The zero-order valence-electron chi connectivity index (χ0n) is 8.65. The highest BCUT2D eigenvalue weighted by molar-refractivity contribution is 6.12. The van der Waals surface area contributed by atoms with Crippen LogP contribution >= 0.6 is 0 Å². The predicted molar refractivity (Wildman–Crippen MR) is 63.4 cm³/mol. The number of fused-ring (bicyclic) bond motifs is 3. The van der Waals surface area contributed by atoms with Crippen LogP contribution in [0.2, 0.25) is 0 Å². The van der Waals surface area contributed by atoms with E-state index in [1.165, 1.54) is 12.3 Å². The van der Waals surface area contributed by atoms with Crippen molar-refractivity contribution in [2.75, 3.05) is 0 Å². The molecule has 2 heterocycles. The maximum absolute atomic E-state index is 11.8. The Bertz CT molecular complexity index is 798. The van der Waals surface area contributed by atoms with E-state index in [9.17, 15) is 9.59 Å². The van der Waals surface area contributed by atoms with E-state index in [1.807, 2.05) is 0 Å². The Hall–Kier alpha value is -2.56. The van der Waals surface area contributed by atoms with Gasteiger partial charge in [-0.3, -0.25) is 4.79 Å². The number of carboxylic acid groups (broad SMARTS) is 1. The molecule has 0 spiro atoms. The van der Waals surface area contributed by atoms with Crippen molar-refractivity contribution in [2.24, 2.45) is 0 Å². The monoisotopic (exact) mass is 228 g/mol. The lowest BCUT2D eigenvalue weighted by molar-refractivity contribution is 0.0692. The van der Waals surface area contributed by atoms with Crippen molar-refractivity contribution >= 4 is 27.8 Å². The minimum absolute atomic E-state index is 0.0538. The molecule has 3 rings (SSSR count). The van der Waals surface area contributed by atoms with Crippen molar-refractivity contribution in [3.8, 4) is 0 Å². The topological polar surface area (TPSA) is 85.9 Å². The van der Waals surface area contributed by atoms with E-state index in [1.54, 1.807) is 18.2 Å². The summed E-state index contributed by atoms with van der Waals surface area (Å²) in [4.78, 5) is 28.4. The van der Waals surface area contributed by atoms with E-state index in [2.05, 4.69) is 9.97 Å². The fourth-order valence-corrected chi connectivity index (χ4v) is 2.05. The van der Waals surface area contributed by atoms with Crippen molar-refractivity contribution in [3.63, 3.8) is 0 Å². The summed E-state index contributed by atoms with van der Waals surface area (Å²) in [5.74, 6) is -1.06. The lowest BCUT2D eigenvalue weighted by Gasteiger charge is -1.96. The number of H-pyrrole nitrogens is 2. The molecule has 3 aromatic rings. The van der Waals surface area contributed by atoms with Crippen LogP contribution in [0.5, 0.6) is 0 Å². The zero-order chi connectivity index (χ0) is 12.0. The molecule has 0 radical (unpaired) electrons. The smallest absolute Gasteiger partial charge is 0.354 e. The van der Waals surface area contributed by atoms with Crippen LogP contribution in [0, 0.1) is 0 Å². The van der Waals surface area contributed by atoms with Crippen molar-refractivity contribution in [2.45, 2.75) is 0 Å². The fraction of sp³-hybridized carbons (Fsp3) is 0. The van der Waals surface area contributed by atoms with Gasteiger partial charge in [-0.05, 0) is 18.2 Å². The van der Waals surface area contributed by atoms with Crippen molar-refractivity contribution in [1.82, 2.24) is 9.97 Å². The fourth-order valence-electron chi connectivity index (χ4n) is 2.05. The van der Waals surface area contributed by atoms with Gasteiger partial charge in [-0.15, -0.1) is 0 Å². The Labute approximate surface area is 94.7 Å². The van der Waals surface area contributed by atoms with Gasteiger partial charge < -0.3 is 15.1 Å². The standard InChI is InChI=1S/C12H8N2O3/c15-8-3-1-2-7-9(8)6-4-5-13-11(12(16)17)10(6)14-7/h1-5,13-14H,(H,16,17). The lowest BCUT2D eigenvalue weighted by atomic mass is 10.1. The molecule has 0 fully saturated rings. The Kier molecular flexibility index (Phi) is 1.82. The van der Waals surface area contributed by atoms with Crippen LogP contribution in [-0.2, 0) is 0 Å². The van der Waals surface area contributed by atoms with Gasteiger partial charge in [0.15, 0.2) is 5.43 Å². The summed E-state index contributed by atoms with van der Waals surface area (Å²) in [5, 5.41) is 10.2. The minimum Gasteiger partial charge on any atom is -0.477 e. The Morgan fingerprint density at radius 3 is 2.82 bits per heavy atom. The third-order valence-electron chi connectivity index (χ3n) is 2.77. The molecule has 0 aliphatic rings. The van der Waals surface area contributed by atoms with Crippen LogP contribution in [0.3, 0.4) is 0 Å². The number of aromatic carboxylic acids is 1. The third kappa shape index (κ3) is 1.25. The Morgan fingerprint density at radius 2 is 2.06 bits per heavy atom. The van der Waals surface area contributed by atoms with Gasteiger partial charge in [-0.1, -0.05) is 6.07 Å². The second kappa shape index (κ2) is 3.21. The van der Waals surface area contributed by atoms with E-state index in [4.69, 9.17) is 5.11 Å². The molecule has 0 bridgehead atoms. The van der Waals surface area contributed by atoms with Crippen LogP contribution in [0.1, 0.15) is 10.5 Å². The van der Waals surface area contributed by atoms with Gasteiger partial charge in [-0.25, -0.2) is 4.79 Å². The number of benzene rings is 1. The van der Waals surface area contributed by atoms with Gasteiger partial charge in [0.05, 0.1) is 16.4 Å². The predicted octanol–water partition coefficient (Wildman–Crippen LogP) is 1.71. The molecule has 0 atom stereocenters. The Balaban J connectivity index is 2.61. The molecule has 84 valence electrons. The highest BCUT2D eigenvalue weighted by Crippen LogP contribution is 2.23. The quantitative estimate of drug-likeness (QED) is 0.592. The molecule has 0 saturated heterocycles.